The Labute approximate surface area is 199 Å². The molecule has 34 heavy (non-hydrogen) atoms. The molecule has 7 nitrogen and oxygen atoms in total. The van der Waals surface area contributed by atoms with E-state index in [2.05, 4.69) is 5.32 Å². The molecule has 0 bridgehead atoms. The summed E-state index contributed by atoms with van der Waals surface area (Å²) in [5.74, 6) is -3.03. The van der Waals surface area contributed by atoms with Crippen molar-refractivity contribution >= 4 is 41.0 Å². The Morgan fingerprint density at radius 3 is 2.41 bits per heavy atom. The Balaban J connectivity index is 1.37. The highest BCUT2D eigenvalue weighted by Crippen LogP contribution is 2.25. The van der Waals surface area contributed by atoms with Crippen LogP contribution in [-0.2, 0) is 16.0 Å². The van der Waals surface area contributed by atoms with Gasteiger partial charge < -0.3 is 10.1 Å². The van der Waals surface area contributed by atoms with Crippen LogP contribution in [0.15, 0.2) is 66.7 Å². The van der Waals surface area contributed by atoms with Crippen molar-refractivity contribution in [2.24, 2.45) is 0 Å². The molecule has 0 saturated carbocycles. The molecular formula is C25H18ClFN2O5. The molecule has 0 fully saturated rings. The second kappa shape index (κ2) is 9.84. The SMILES string of the molecule is O=C(COC(=O)c1ccc2c(c1)C(=O)N(CCc1ccccc1)C2=O)Nc1ccc(F)c(Cl)c1. The smallest absolute Gasteiger partial charge is 0.338 e. The van der Waals surface area contributed by atoms with Crippen molar-refractivity contribution < 1.29 is 28.3 Å². The van der Waals surface area contributed by atoms with E-state index in [0.717, 1.165) is 16.5 Å². The number of anilines is 1. The third kappa shape index (κ3) is 4.97. The second-order valence-electron chi connectivity index (χ2n) is 7.51. The van der Waals surface area contributed by atoms with Gasteiger partial charge in [0.15, 0.2) is 6.61 Å². The Morgan fingerprint density at radius 2 is 1.68 bits per heavy atom. The predicted octanol–water partition coefficient (Wildman–Crippen LogP) is 4.11. The van der Waals surface area contributed by atoms with Crippen LogP contribution in [0.25, 0.3) is 0 Å². The molecule has 0 atom stereocenters. The molecule has 0 spiro atoms. The van der Waals surface area contributed by atoms with E-state index < -0.39 is 36.1 Å². The first-order valence-electron chi connectivity index (χ1n) is 10.3. The van der Waals surface area contributed by atoms with Gasteiger partial charge in [0.25, 0.3) is 17.7 Å². The molecule has 1 heterocycles. The summed E-state index contributed by atoms with van der Waals surface area (Å²) in [5.41, 5.74) is 1.58. The molecule has 3 amide bonds. The van der Waals surface area contributed by atoms with Crippen molar-refractivity contribution in [3.63, 3.8) is 0 Å². The molecule has 9 heteroatoms. The first-order chi connectivity index (χ1) is 16.3. The molecule has 0 saturated heterocycles. The van der Waals surface area contributed by atoms with Gasteiger partial charge in [0.05, 0.1) is 21.7 Å². The summed E-state index contributed by atoms with van der Waals surface area (Å²) < 4.78 is 18.2. The quantitative estimate of drug-likeness (QED) is 0.406. The van der Waals surface area contributed by atoms with Gasteiger partial charge in [0, 0.05) is 12.2 Å². The van der Waals surface area contributed by atoms with Crippen molar-refractivity contribution in [3.05, 3.63) is 99.8 Å². The van der Waals surface area contributed by atoms with Gasteiger partial charge in [-0.1, -0.05) is 41.9 Å². The molecule has 0 unspecified atom stereocenters. The fourth-order valence-electron chi connectivity index (χ4n) is 3.49. The summed E-state index contributed by atoms with van der Waals surface area (Å²) in [6.45, 7) is -0.398. The molecule has 1 aliphatic rings. The summed E-state index contributed by atoms with van der Waals surface area (Å²) >= 11 is 5.67. The minimum absolute atomic E-state index is 0.0300. The largest absolute Gasteiger partial charge is 0.452 e. The standard InChI is InChI=1S/C25H18ClFN2O5/c26-20-13-17(7-9-21(20)27)28-22(30)14-34-25(33)16-6-8-18-19(12-16)24(32)29(23(18)31)11-10-15-4-2-1-3-5-15/h1-9,12-13H,10-11,14H2,(H,28,30). The minimum atomic E-state index is -0.835. The van der Waals surface area contributed by atoms with Gasteiger partial charge in [-0.25, -0.2) is 9.18 Å². The molecular weight excluding hydrogens is 463 g/mol. The number of carbonyl (C=O) groups excluding carboxylic acids is 4. The van der Waals surface area contributed by atoms with E-state index in [1.165, 1.54) is 30.3 Å². The lowest BCUT2D eigenvalue weighted by atomic mass is 10.1. The molecule has 4 rings (SSSR count). The molecule has 1 N–H and O–H groups in total. The Bertz CT molecular complexity index is 1300. The highest BCUT2D eigenvalue weighted by Gasteiger charge is 2.35. The third-order valence-electron chi connectivity index (χ3n) is 5.21. The number of fused-ring (bicyclic) bond motifs is 1. The van der Waals surface area contributed by atoms with Gasteiger partial charge >= 0.3 is 5.97 Å². The molecule has 3 aromatic rings. The van der Waals surface area contributed by atoms with Crippen LogP contribution in [0.5, 0.6) is 0 Å². The monoisotopic (exact) mass is 480 g/mol. The van der Waals surface area contributed by atoms with Crippen molar-refractivity contribution in [1.82, 2.24) is 4.90 Å². The molecule has 0 radical (unpaired) electrons. The van der Waals surface area contributed by atoms with E-state index in [9.17, 15) is 23.6 Å². The molecule has 172 valence electrons. The van der Waals surface area contributed by atoms with Crippen LogP contribution in [0.4, 0.5) is 10.1 Å². The van der Waals surface area contributed by atoms with Crippen LogP contribution in [0.3, 0.4) is 0 Å². The van der Waals surface area contributed by atoms with Gasteiger partial charge in [-0.2, -0.15) is 0 Å². The number of rotatable bonds is 7. The van der Waals surface area contributed by atoms with Crippen LogP contribution >= 0.6 is 11.6 Å². The number of hydrogen-bond acceptors (Lipinski definition) is 5. The van der Waals surface area contributed by atoms with Crippen LogP contribution < -0.4 is 5.32 Å². The number of imide groups is 1. The van der Waals surface area contributed by atoms with Crippen LogP contribution in [0.2, 0.25) is 5.02 Å². The summed E-state index contributed by atoms with van der Waals surface area (Å²) in [5, 5.41) is 2.27. The zero-order valence-electron chi connectivity index (χ0n) is 17.7. The first kappa shape index (κ1) is 23.1. The first-order valence-corrected chi connectivity index (χ1v) is 10.7. The number of amides is 3. The number of halogens is 2. The number of ether oxygens (including phenoxy) is 1. The topological polar surface area (TPSA) is 92.8 Å². The summed E-state index contributed by atoms with van der Waals surface area (Å²) in [6.07, 6.45) is 0.510. The van der Waals surface area contributed by atoms with Crippen LogP contribution in [0.1, 0.15) is 36.6 Å². The number of hydrogen-bond donors (Lipinski definition) is 1. The fraction of sp³-hybridized carbons (Fsp3) is 0.120. The van der Waals surface area contributed by atoms with Gasteiger partial charge in [-0.3, -0.25) is 19.3 Å². The Hall–Kier alpha value is -4.04. The number of nitrogens with one attached hydrogen (secondary N) is 1. The lowest BCUT2D eigenvalue weighted by Crippen LogP contribution is -2.31. The average molecular weight is 481 g/mol. The highest BCUT2D eigenvalue weighted by atomic mass is 35.5. The normalized spacial score (nSPS) is 12.5. The van der Waals surface area contributed by atoms with Crippen LogP contribution in [0, 0.1) is 5.82 Å². The van der Waals surface area contributed by atoms with Crippen molar-refractivity contribution in [2.75, 3.05) is 18.5 Å². The third-order valence-corrected chi connectivity index (χ3v) is 5.50. The van der Waals surface area contributed by atoms with E-state index in [4.69, 9.17) is 16.3 Å². The summed E-state index contributed by atoms with van der Waals surface area (Å²) in [4.78, 5) is 51.0. The minimum Gasteiger partial charge on any atom is -0.452 e. The van der Waals surface area contributed by atoms with Gasteiger partial charge in [-0.05, 0) is 48.4 Å². The van der Waals surface area contributed by atoms with E-state index >= 15 is 0 Å². The Morgan fingerprint density at radius 1 is 0.941 bits per heavy atom. The zero-order chi connectivity index (χ0) is 24.2. The maximum absolute atomic E-state index is 13.2. The maximum Gasteiger partial charge on any atom is 0.338 e. The van der Waals surface area contributed by atoms with E-state index in [0.29, 0.717) is 6.42 Å². The zero-order valence-corrected chi connectivity index (χ0v) is 18.5. The van der Waals surface area contributed by atoms with Crippen molar-refractivity contribution in [3.8, 4) is 0 Å². The fourth-order valence-corrected chi connectivity index (χ4v) is 3.67. The van der Waals surface area contributed by atoms with Crippen LogP contribution in [-0.4, -0.2) is 41.7 Å². The van der Waals surface area contributed by atoms with Crippen molar-refractivity contribution in [1.29, 1.82) is 0 Å². The molecule has 0 aromatic heterocycles. The summed E-state index contributed by atoms with van der Waals surface area (Å²) in [7, 11) is 0. The van der Waals surface area contributed by atoms with Gasteiger partial charge in [0.2, 0.25) is 0 Å². The number of carbonyl (C=O) groups is 4. The lowest BCUT2D eigenvalue weighted by Gasteiger charge is -2.13. The second-order valence-corrected chi connectivity index (χ2v) is 7.92. The summed E-state index contributed by atoms with van der Waals surface area (Å²) in [6, 6.07) is 17.1. The Kier molecular flexibility index (Phi) is 6.70. The van der Waals surface area contributed by atoms with Gasteiger partial charge in [-0.15, -0.1) is 0 Å². The average Bonchev–Trinajstić information content (AvgIpc) is 3.08. The molecule has 3 aromatic carbocycles. The van der Waals surface area contributed by atoms with Gasteiger partial charge in [0.1, 0.15) is 5.82 Å². The van der Waals surface area contributed by atoms with Crippen molar-refractivity contribution in [2.45, 2.75) is 6.42 Å². The van der Waals surface area contributed by atoms with E-state index in [1.54, 1.807) is 0 Å². The maximum atomic E-state index is 13.2. The molecule has 0 aliphatic carbocycles. The number of benzene rings is 3. The number of nitrogens with zero attached hydrogens (tertiary/aromatic N) is 1. The van der Waals surface area contributed by atoms with E-state index in [1.807, 2.05) is 30.3 Å². The number of esters is 1. The highest BCUT2D eigenvalue weighted by molar-refractivity contribution is 6.31. The predicted molar refractivity (Wildman–Crippen MR) is 122 cm³/mol. The molecule has 1 aliphatic heterocycles. The lowest BCUT2D eigenvalue weighted by molar-refractivity contribution is -0.119. The van der Waals surface area contributed by atoms with E-state index in [-0.39, 0.29) is 33.9 Å².